The fourth-order valence-corrected chi connectivity index (χ4v) is 3.29. The zero-order valence-corrected chi connectivity index (χ0v) is 11.0. The number of nitro groups is 1. The Balaban J connectivity index is 2.34. The molecule has 19 heavy (non-hydrogen) atoms. The van der Waals surface area contributed by atoms with Crippen molar-refractivity contribution >= 4 is 38.1 Å². The van der Waals surface area contributed by atoms with Crippen LogP contribution in [0.1, 0.15) is 5.82 Å². The van der Waals surface area contributed by atoms with Crippen LogP contribution in [0, 0.1) is 17.0 Å². The van der Waals surface area contributed by atoms with Gasteiger partial charge in [-0.3, -0.25) is 10.1 Å². The van der Waals surface area contributed by atoms with E-state index in [0.717, 1.165) is 6.07 Å². The molecule has 0 fully saturated rings. The molecule has 0 aromatic carbocycles. The number of hydrogen-bond donors (Lipinski definition) is 2. The summed E-state index contributed by atoms with van der Waals surface area (Å²) in [5.41, 5.74) is 4.90. The van der Waals surface area contributed by atoms with Gasteiger partial charge in [-0.05, 0) is 6.92 Å². The van der Waals surface area contributed by atoms with Crippen molar-refractivity contribution in [1.82, 2.24) is 10.1 Å². The SMILES string of the molecule is Cc1noc(NS(=O)(=O)c2cc([N+](=O)[O-])c(N)s2)n1. The van der Waals surface area contributed by atoms with Crippen molar-refractivity contribution in [3.05, 3.63) is 22.0 Å². The molecule has 0 amide bonds. The first-order chi connectivity index (χ1) is 8.79. The van der Waals surface area contributed by atoms with Crippen LogP contribution in [-0.2, 0) is 10.0 Å². The molecule has 0 radical (unpaired) electrons. The smallest absolute Gasteiger partial charge is 0.335 e. The first kappa shape index (κ1) is 13.2. The lowest BCUT2D eigenvalue weighted by atomic mass is 10.5. The van der Waals surface area contributed by atoms with Crippen LogP contribution < -0.4 is 10.5 Å². The van der Waals surface area contributed by atoms with Crippen molar-refractivity contribution in [3.8, 4) is 0 Å². The van der Waals surface area contributed by atoms with Gasteiger partial charge in [0.25, 0.3) is 10.0 Å². The van der Waals surface area contributed by atoms with Crippen molar-refractivity contribution in [3.63, 3.8) is 0 Å². The molecular formula is C7H7N5O5S2. The number of rotatable bonds is 4. The molecule has 0 aliphatic heterocycles. The Morgan fingerprint density at radius 2 is 2.26 bits per heavy atom. The molecule has 2 aromatic rings. The number of nitrogen functional groups attached to an aromatic ring is 1. The number of nitrogens with two attached hydrogens (primary N) is 1. The van der Waals surface area contributed by atoms with Crippen LogP contribution in [0.5, 0.6) is 0 Å². The normalized spacial score (nSPS) is 11.4. The third-order valence-corrected chi connectivity index (χ3v) is 4.68. The van der Waals surface area contributed by atoms with E-state index in [1.807, 2.05) is 4.72 Å². The zero-order chi connectivity index (χ0) is 14.2. The number of anilines is 2. The molecule has 0 saturated carbocycles. The monoisotopic (exact) mass is 305 g/mol. The van der Waals surface area contributed by atoms with Crippen LogP contribution in [0.25, 0.3) is 0 Å². The molecule has 0 saturated heterocycles. The Labute approximate surface area is 110 Å². The van der Waals surface area contributed by atoms with E-state index in [1.54, 1.807) is 0 Å². The van der Waals surface area contributed by atoms with E-state index in [1.165, 1.54) is 6.92 Å². The number of aryl methyl sites for hydroxylation is 1. The van der Waals surface area contributed by atoms with Crippen LogP contribution >= 0.6 is 11.3 Å². The largest absolute Gasteiger partial charge is 0.385 e. The van der Waals surface area contributed by atoms with Gasteiger partial charge in [-0.2, -0.15) is 4.98 Å². The lowest BCUT2D eigenvalue weighted by Gasteiger charge is -1.98. The number of sulfonamides is 1. The van der Waals surface area contributed by atoms with Crippen molar-refractivity contribution in [2.24, 2.45) is 0 Å². The number of nitrogens with zero attached hydrogens (tertiary/aromatic N) is 3. The lowest BCUT2D eigenvalue weighted by Crippen LogP contribution is -2.11. The maximum atomic E-state index is 11.9. The van der Waals surface area contributed by atoms with Gasteiger partial charge < -0.3 is 10.3 Å². The highest BCUT2D eigenvalue weighted by Gasteiger charge is 2.26. The molecule has 0 bridgehead atoms. The van der Waals surface area contributed by atoms with Gasteiger partial charge >= 0.3 is 11.7 Å². The highest BCUT2D eigenvalue weighted by atomic mass is 32.2. The van der Waals surface area contributed by atoms with Gasteiger partial charge in [0.2, 0.25) is 0 Å². The summed E-state index contributed by atoms with van der Waals surface area (Å²) in [6.07, 6.45) is 0. The van der Waals surface area contributed by atoms with Crippen molar-refractivity contribution in [2.75, 3.05) is 10.5 Å². The van der Waals surface area contributed by atoms with Gasteiger partial charge in [0.1, 0.15) is 4.21 Å². The summed E-state index contributed by atoms with van der Waals surface area (Å²) in [6, 6.07) is 0.540. The van der Waals surface area contributed by atoms with E-state index >= 15 is 0 Å². The van der Waals surface area contributed by atoms with Crippen LogP contribution in [-0.4, -0.2) is 23.5 Å². The lowest BCUT2D eigenvalue weighted by molar-refractivity contribution is -0.383. The van der Waals surface area contributed by atoms with Crippen LogP contribution in [0.3, 0.4) is 0 Å². The minimum Gasteiger partial charge on any atom is -0.385 e. The summed E-state index contributed by atoms with van der Waals surface area (Å²) in [4.78, 5) is 13.5. The van der Waals surface area contributed by atoms with Crippen LogP contribution in [0.4, 0.5) is 16.7 Å². The molecule has 3 N–H and O–H groups in total. The van der Waals surface area contributed by atoms with Gasteiger partial charge in [0, 0.05) is 6.07 Å². The minimum atomic E-state index is -4.05. The number of thiophene rings is 1. The predicted molar refractivity (Wildman–Crippen MR) is 65.2 cm³/mol. The molecular weight excluding hydrogens is 298 g/mol. The summed E-state index contributed by atoms with van der Waals surface area (Å²) in [6.45, 7) is 1.51. The summed E-state index contributed by atoms with van der Waals surface area (Å²) in [5.74, 6) is 0.245. The first-order valence-corrected chi connectivity index (χ1v) is 6.96. The van der Waals surface area contributed by atoms with Crippen molar-refractivity contribution in [1.29, 1.82) is 0 Å². The fourth-order valence-electron chi connectivity index (χ4n) is 1.15. The second-order valence-electron chi connectivity index (χ2n) is 3.32. The number of nitrogens with one attached hydrogen (secondary N) is 1. The average molecular weight is 305 g/mol. The third kappa shape index (κ3) is 2.63. The van der Waals surface area contributed by atoms with E-state index in [4.69, 9.17) is 5.73 Å². The van der Waals surface area contributed by atoms with Gasteiger partial charge in [-0.25, -0.2) is 13.1 Å². The second-order valence-corrected chi connectivity index (χ2v) is 6.32. The Hall–Kier alpha value is -2.21. The maximum absolute atomic E-state index is 11.9. The summed E-state index contributed by atoms with van der Waals surface area (Å²) in [7, 11) is -4.05. The van der Waals surface area contributed by atoms with E-state index < -0.39 is 20.6 Å². The molecule has 0 atom stereocenters. The van der Waals surface area contributed by atoms with Gasteiger partial charge in [-0.15, -0.1) is 0 Å². The Morgan fingerprint density at radius 1 is 1.58 bits per heavy atom. The molecule has 10 nitrogen and oxygen atoms in total. The van der Waals surface area contributed by atoms with Crippen LogP contribution in [0.15, 0.2) is 14.8 Å². The number of aromatic nitrogens is 2. The molecule has 0 spiro atoms. The summed E-state index contributed by atoms with van der Waals surface area (Å²) >= 11 is 0.571. The van der Waals surface area contributed by atoms with E-state index in [9.17, 15) is 18.5 Å². The molecule has 12 heteroatoms. The molecule has 0 aliphatic rings. The van der Waals surface area contributed by atoms with E-state index in [2.05, 4.69) is 14.7 Å². The molecule has 102 valence electrons. The summed E-state index contributed by atoms with van der Waals surface area (Å²) in [5, 5.41) is 13.8. The molecule has 2 heterocycles. The third-order valence-electron chi connectivity index (χ3n) is 1.93. The van der Waals surface area contributed by atoms with Crippen molar-refractivity contribution in [2.45, 2.75) is 11.1 Å². The highest BCUT2D eigenvalue weighted by Crippen LogP contribution is 2.34. The fraction of sp³-hybridized carbons (Fsp3) is 0.143. The molecule has 0 unspecified atom stereocenters. The van der Waals surface area contributed by atoms with E-state index in [-0.39, 0.29) is 21.0 Å². The quantitative estimate of drug-likeness (QED) is 0.618. The topological polar surface area (TPSA) is 154 Å². The van der Waals surface area contributed by atoms with E-state index in [0.29, 0.717) is 11.3 Å². The van der Waals surface area contributed by atoms with Gasteiger partial charge in [0.05, 0.1) is 4.92 Å². The van der Waals surface area contributed by atoms with Gasteiger partial charge in [-0.1, -0.05) is 16.5 Å². The maximum Gasteiger partial charge on any atom is 0.335 e. The minimum absolute atomic E-state index is 0.202. The Morgan fingerprint density at radius 3 is 2.74 bits per heavy atom. The zero-order valence-electron chi connectivity index (χ0n) is 9.35. The molecule has 2 rings (SSSR count). The second kappa shape index (κ2) is 4.47. The first-order valence-electron chi connectivity index (χ1n) is 4.66. The highest BCUT2D eigenvalue weighted by molar-refractivity contribution is 7.94. The standard InChI is InChI=1S/C7H7N5O5S2/c1-3-9-7(17-10-3)11-19(15,16)5-2-4(12(13)14)6(8)18-5/h2H,8H2,1H3,(H,9,10,11). The molecule has 0 aliphatic carbocycles. The van der Waals surface area contributed by atoms with Crippen LogP contribution in [0.2, 0.25) is 0 Å². The Bertz CT molecular complexity index is 733. The van der Waals surface area contributed by atoms with Crippen molar-refractivity contribution < 1.29 is 17.9 Å². The molecule has 2 aromatic heterocycles. The predicted octanol–water partition coefficient (Wildman–Crippen LogP) is 0.731. The Kier molecular flexibility index (Phi) is 3.11. The average Bonchev–Trinajstić information content (AvgIpc) is 2.84. The number of hydrogen-bond acceptors (Lipinski definition) is 9. The van der Waals surface area contributed by atoms with Gasteiger partial charge in [0.15, 0.2) is 10.8 Å². The summed E-state index contributed by atoms with van der Waals surface area (Å²) < 4.78 is 30.1.